The van der Waals surface area contributed by atoms with E-state index in [0.29, 0.717) is 0 Å². The van der Waals surface area contributed by atoms with E-state index in [1.165, 1.54) is 26.3 Å². The molecule has 0 aliphatic carbocycles. The summed E-state index contributed by atoms with van der Waals surface area (Å²) in [4.78, 5) is 4.29. The Bertz CT molecular complexity index is 809. The molecule has 0 saturated heterocycles. The van der Waals surface area contributed by atoms with Gasteiger partial charge in [-0.15, -0.1) is 0 Å². The van der Waals surface area contributed by atoms with Gasteiger partial charge >= 0.3 is 0 Å². The molecule has 2 heteroatoms. The van der Waals surface area contributed by atoms with E-state index >= 15 is 0 Å². The molecule has 0 fully saturated rings. The fourth-order valence-electron chi connectivity index (χ4n) is 2.67. The van der Waals surface area contributed by atoms with Gasteiger partial charge in [0.2, 0.25) is 0 Å². The first-order valence-corrected chi connectivity index (χ1v) is 7.68. The van der Waals surface area contributed by atoms with E-state index in [-0.39, 0.29) is 0 Å². The maximum absolute atomic E-state index is 4.29. The molecule has 0 saturated carbocycles. The average molecular weight is 261 g/mol. The fraction of sp³-hybridized carbons (Fsp3) is 0. The van der Waals surface area contributed by atoms with Crippen LogP contribution >= 0.6 is 7.53 Å². The minimum Gasteiger partial charge on any atom is -0.264 e. The van der Waals surface area contributed by atoms with Crippen LogP contribution < -0.4 is 0 Å². The largest absolute Gasteiger partial charge is 0.264 e. The molecule has 0 N–H and O–H groups in total. The van der Waals surface area contributed by atoms with Gasteiger partial charge in [0.25, 0.3) is 0 Å². The van der Waals surface area contributed by atoms with Crippen LogP contribution in [0.2, 0.25) is 0 Å². The summed E-state index contributed by atoms with van der Waals surface area (Å²) in [6.07, 6.45) is 3.91. The second kappa shape index (κ2) is 4.22. The number of nitrogens with zero attached hydrogens (tertiary/aromatic N) is 1. The second-order valence-electron chi connectivity index (χ2n) is 4.58. The van der Waals surface area contributed by atoms with Gasteiger partial charge in [0.05, 0.1) is 0 Å². The fourth-order valence-corrected chi connectivity index (χ4v) is 5.26. The lowest BCUT2D eigenvalue weighted by molar-refractivity contribution is 1.37. The Morgan fingerprint density at radius 3 is 2.32 bits per heavy atom. The van der Waals surface area contributed by atoms with Crippen molar-refractivity contribution in [3.05, 3.63) is 73.1 Å². The molecular formula is C17H12NP. The van der Waals surface area contributed by atoms with Gasteiger partial charge in [0, 0.05) is 28.0 Å². The molecule has 2 heterocycles. The maximum Gasteiger partial charge on any atom is 0.0356 e. The highest BCUT2D eigenvalue weighted by Gasteiger charge is 2.12. The number of hydrogen-bond acceptors (Lipinski definition) is 1. The van der Waals surface area contributed by atoms with Crippen molar-refractivity contribution in [3.8, 4) is 5.30 Å². The first-order valence-electron chi connectivity index (χ1n) is 6.34. The van der Waals surface area contributed by atoms with E-state index in [1.54, 1.807) is 0 Å². The Labute approximate surface area is 112 Å². The first-order chi connectivity index (χ1) is 9.45. The smallest absolute Gasteiger partial charge is 0.0356 e. The van der Waals surface area contributed by atoms with Crippen LogP contribution in [0.3, 0.4) is 0 Å². The van der Waals surface area contributed by atoms with Gasteiger partial charge in [-0.25, -0.2) is 0 Å². The van der Waals surface area contributed by atoms with Gasteiger partial charge in [-0.3, -0.25) is 4.98 Å². The molecule has 0 aliphatic heterocycles. The number of rotatable bonds is 1. The molecule has 0 spiro atoms. The standard InChI is InChI=1S/C17H12NP/c1-2-6-13(7-3-1)19-16-9-5-4-8-14(16)15-12-18-11-10-17(15)19/h1-12H. The van der Waals surface area contributed by atoms with Crippen LogP contribution in [0.15, 0.2) is 73.1 Å². The molecule has 0 bridgehead atoms. The van der Waals surface area contributed by atoms with E-state index < -0.39 is 7.53 Å². The Kier molecular flexibility index (Phi) is 2.39. The Morgan fingerprint density at radius 1 is 0.684 bits per heavy atom. The number of pyridine rings is 1. The summed E-state index contributed by atoms with van der Waals surface area (Å²) in [5.41, 5.74) is 0. The van der Waals surface area contributed by atoms with E-state index in [1.807, 2.05) is 12.4 Å². The first kappa shape index (κ1) is 10.8. The minimum absolute atomic E-state index is 0.412. The van der Waals surface area contributed by atoms with Gasteiger partial charge in [0.15, 0.2) is 0 Å². The Balaban J connectivity index is 2.24. The summed E-state index contributed by atoms with van der Waals surface area (Å²) in [5.74, 6) is 0. The lowest BCUT2D eigenvalue weighted by Gasteiger charge is -2.02. The zero-order valence-electron chi connectivity index (χ0n) is 10.3. The molecule has 2 aromatic carbocycles. The molecule has 1 atom stereocenters. The highest BCUT2D eigenvalue weighted by atomic mass is 31.1. The van der Waals surface area contributed by atoms with Crippen LogP contribution in [0.5, 0.6) is 0 Å². The highest BCUT2D eigenvalue weighted by Crippen LogP contribution is 2.54. The molecular weight excluding hydrogens is 249 g/mol. The van der Waals surface area contributed by atoms with Gasteiger partial charge in [-0.05, 0) is 16.8 Å². The predicted octanol–water partition coefficient (Wildman–Crippen LogP) is 5.36. The summed E-state index contributed by atoms with van der Waals surface area (Å²) in [5, 5.41) is 6.94. The van der Waals surface area contributed by atoms with Crippen LogP contribution in [0.4, 0.5) is 0 Å². The molecule has 1 nitrogen and oxygen atoms in total. The topological polar surface area (TPSA) is 12.9 Å². The molecule has 4 aromatic rings. The normalized spacial score (nSPS) is 12.1. The number of benzene rings is 2. The Morgan fingerprint density at radius 2 is 1.42 bits per heavy atom. The van der Waals surface area contributed by atoms with Crippen molar-refractivity contribution in [3.63, 3.8) is 0 Å². The summed E-state index contributed by atoms with van der Waals surface area (Å²) < 4.78 is 0. The molecule has 90 valence electrons. The molecule has 19 heavy (non-hydrogen) atoms. The van der Waals surface area contributed by atoms with E-state index in [0.717, 1.165) is 0 Å². The SMILES string of the molecule is c1ccc(-p2c3ccccc3c3cnccc32)cc1. The zero-order valence-corrected chi connectivity index (χ0v) is 11.2. The van der Waals surface area contributed by atoms with Crippen molar-refractivity contribution >= 4 is 28.5 Å². The third-order valence-corrected chi connectivity index (χ3v) is 6.05. The van der Waals surface area contributed by atoms with Gasteiger partial charge in [-0.2, -0.15) is 0 Å². The predicted molar refractivity (Wildman–Crippen MR) is 83.3 cm³/mol. The summed E-state index contributed by atoms with van der Waals surface area (Å²) in [6.45, 7) is 0. The lowest BCUT2D eigenvalue weighted by Crippen LogP contribution is -1.68. The van der Waals surface area contributed by atoms with Crippen molar-refractivity contribution in [1.29, 1.82) is 0 Å². The van der Waals surface area contributed by atoms with Crippen molar-refractivity contribution in [2.24, 2.45) is 0 Å². The third-order valence-electron chi connectivity index (χ3n) is 3.49. The van der Waals surface area contributed by atoms with Gasteiger partial charge < -0.3 is 0 Å². The molecule has 0 radical (unpaired) electrons. The monoisotopic (exact) mass is 261 g/mol. The lowest BCUT2D eigenvalue weighted by atomic mass is 10.2. The second-order valence-corrected chi connectivity index (χ2v) is 6.73. The maximum atomic E-state index is 4.29. The summed E-state index contributed by atoms with van der Waals surface area (Å²) >= 11 is 0. The van der Waals surface area contributed by atoms with Crippen LogP contribution in [0.25, 0.3) is 26.3 Å². The van der Waals surface area contributed by atoms with Crippen LogP contribution in [-0.2, 0) is 0 Å². The number of aromatic nitrogens is 1. The van der Waals surface area contributed by atoms with E-state index in [9.17, 15) is 0 Å². The molecule has 2 aromatic heterocycles. The van der Waals surface area contributed by atoms with E-state index in [2.05, 4.69) is 65.6 Å². The quantitative estimate of drug-likeness (QED) is 0.449. The highest BCUT2D eigenvalue weighted by molar-refractivity contribution is 7.67. The average Bonchev–Trinajstić information content (AvgIpc) is 2.83. The molecule has 0 amide bonds. The molecule has 0 aliphatic rings. The molecule has 1 unspecified atom stereocenters. The Hall–Kier alpha value is -2.11. The van der Waals surface area contributed by atoms with Crippen molar-refractivity contribution < 1.29 is 0 Å². The van der Waals surface area contributed by atoms with Crippen molar-refractivity contribution in [2.45, 2.75) is 0 Å². The van der Waals surface area contributed by atoms with Crippen LogP contribution in [0, 0.1) is 0 Å². The molecule has 4 rings (SSSR count). The van der Waals surface area contributed by atoms with Gasteiger partial charge in [-0.1, -0.05) is 62.1 Å². The van der Waals surface area contributed by atoms with E-state index in [4.69, 9.17) is 0 Å². The summed E-state index contributed by atoms with van der Waals surface area (Å²) in [6, 6.07) is 21.7. The van der Waals surface area contributed by atoms with Crippen LogP contribution in [0.1, 0.15) is 0 Å². The number of hydrogen-bond donors (Lipinski definition) is 0. The summed E-state index contributed by atoms with van der Waals surface area (Å²) in [7, 11) is -0.412. The third kappa shape index (κ3) is 1.59. The van der Waals surface area contributed by atoms with Gasteiger partial charge in [0.1, 0.15) is 0 Å². The zero-order chi connectivity index (χ0) is 12.7. The van der Waals surface area contributed by atoms with Crippen LogP contribution in [-0.4, -0.2) is 4.98 Å². The van der Waals surface area contributed by atoms with Crippen molar-refractivity contribution in [1.82, 2.24) is 4.98 Å². The van der Waals surface area contributed by atoms with Crippen molar-refractivity contribution in [2.75, 3.05) is 0 Å². The minimum atomic E-state index is -0.412. The number of fused-ring (bicyclic) bond motifs is 3.